The molecule has 2 heteroatoms. The third-order valence-electron chi connectivity index (χ3n) is 16.6. The first kappa shape index (κ1) is 7.61. The molecule has 0 aliphatic carbocycles. The van der Waals surface area contributed by atoms with E-state index in [1.165, 1.54) is 24.8 Å². The van der Waals surface area contributed by atoms with Crippen LogP contribution in [-0.2, 0) is 15.6 Å². The van der Waals surface area contributed by atoms with E-state index in [1.807, 2.05) is 0 Å². The van der Waals surface area contributed by atoms with Crippen LogP contribution in [0.5, 0.6) is 0 Å². The van der Waals surface area contributed by atoms with E-state index in [9.17, 15) is 4.79 Å². The molecule has 1 nitrogen and oxygen atoms in total. The van der Waals surface area contributed by atoms with Gasteiger partial charge >= 0.3 is 107 Å². The Labute approximate surface area is 107 Å². The van der Waals surface area contributed by atoms with Crippen molar-refractivity contribution >= 4 is 6.29 Å². The predicted molar refractivity (Wildman–Crippen MR) is 71.6 cm³/mol. The number of aldehydes is 1. The van der Waals surface area contributed by atoms with Crippen LogP contribution in [0, 0.1) is 6.92 Å². The van der Waals surface area contributed by atoms with E-state index in [0.717, 1.165) is 19.3 Å². The van der Waals surface area contributed by atoms with Crippen LogP contribution in [0.25, 0.3) is 0 Å². The standard InChI is InChI=1S/C12H11.C6H5O.Fe/c1-10-5-4-8-12(9-10)11-6-2-3-7-11;7-5-6-3-1-2-4-6;/h2-9H,1H3;1-5H;. The molecule has 8 unspecified atom stereocenters. The van der Waals surface area contributed by atoms with Gasteiger partial charge in [-0.1, -0.05) is 0 Å². The molecule has 10 aliphatic heterocycles. The predicted octanol–water partition coefficient (Wildman–Crippen LogP) is 4.36. The van der Waals surface area contributed by atoms with Crippen molar-refractivity contribution in [1.29, 1.82) is 0 Å². The Morgan fingerprint density at radius 2 is 1.70 bits per heavy atom. The van der Waals surface area contributed by atoms with Crippen molar-refractivity contribution in [2.75, 3.05) is 0 Å². The Morgan fingerprint density at radius 1 is 1.05 bits per heavy atom. The molecule has 0 radical (unpaired) electrons. The Morgan fingerprint density at radius 3 is 2.15 bits per heavy atom. The summed E-state index contributed by atoms with van der Waals surface area (Å²) >= 11 is 0. The van der Waals surface area contributed by atoms with E-state index in [0.29, 0.717) is 8.63 Å². The molecule has 0 aromatic heterocycles. The van der Waals surface area contributed by atoms with Crippen LogP contribution in [0.15, 0.2) is 24.3 Å². The number of benzene rings is 1. The summed E-state index contributed by atoms with van der Waals surface area (Å²) in [6, 6.07) is 9.54. The van der Waals surface area contributed by atoms with Crippen molar-refractivity contribution in [1.82, 2.24) is 0 Å². The fourth-order valence-corrected chi connectivity index (χ4v) is 94.1. The van der Waals surface area contributed by atoms with Crippen LogP contribution in [0.3, 0.4) is 0 Å². The topological polar surface area (TPSA) is 17.1 Å². The number of carbonyl (C=O) groups excluding carboxylic acids is 1. The van der Waals surface area contributed by atoms with Crippen LogP contribution in [0.4, 0.5) is 0 Å². The second-order valence-electron chi connectivity index (χ2n) is 11.8. The van der Waals surface area contributed by atoms with Gasteiger partial charge < -0.3 is 0 Å². The van der Waals surface area contributed by atoms with E-state index in [4.69, 9.17) is 0 Å². The molecule has 8 atom stereocenters. The Balaban J connectivity index is 1.54. The minimum absolute atomic E-state index is 0.415. The number of hydrogen-bond acceptors (Lipinski definition) is 1. The second-order valence-corrected chi connectivity index (χ2v) is 35.1. The van der Waals surface area contributed by atoms with E-state index < -0.39 is 6.51 Å². The maximum absolute atomic E-state index is 12.2. The van der Waals surface area contributed by atoms with Crippen LogP contribution < -0.4 is 0 Å². The number of aryl methyl sites for hydroxylation is 1. The van der Waals surface area contributed by atoms with Crippen LogP contribution in [0.2, 0.25) is 42.8 Å². The van der Waals surface area contributed by atoms with Crippen molar-refractivity contribution in [3.05, 3.63) is 35.4 Å². The van der Waals surface area contributed by atoms with Gasteiger partial charge in [0, 0.05) is 0 Å². The number of hydrogen-bond donors (Lipinski definition) is 0. The SMILES string of the molecule is Cc1cccc([C]23[CH]4[CH]5[CH]6[CH]2[Fe]56432789[CH]3[CH]2[CH]7[C]8(C=O)[CH]39)c1. The zero-order valence-electron chi connectivity index (χ0n) is 11.3. The molecular formula is C18H16FeO. The summed E-state index contributed by atoms with van der Waals surface area (Å²) in [4.78, 5) is 21.5. The summed E-state index contributed by atoms with van der Waals surface area (Å²) in [6.45, 7) is -1.18. The van der Waals surface area contributed by atoms with Crippen LogP contribution in [-0.4, -0.2) is 6.29 Å². The molecule has 20 heavy (non-hydrogen) atoms. The van der Waals surface area contributed by atoms with E-state index in [2.05, 4.69) is 31.2 Å². The Kier molecular flexibility index (Phi) is 0.254. The van der Waals surface area contributed by atoms with Gasteiger partial charge in [-0.2, -0.15) is 0 Å². The first-order valence-electron chi connectivity index (χ1n) is 8.24. The quantitative estimate of drug-likeness (QED) is 0.586. The van der Waals surface area contributed by atoms with Gasteiger partial charge in [0.25, 0.3) is 0 Å². The molecule has 10 aliphatic rings. The van der Waals surface area contributed by atoms with Gasteiger partial charge in [-0.25, -0.2) is 0 Å². The summed E-state index contributed by atoms with van der Waals surface area (Å²) in [5.41, 5.74) is 3.18. The number of carbonyl (C=O) groups is 1. The Hall–Kier alpha value is -0.591. The van der Waals surface area contributed by atoms with Crippen molar-refractivity contribution < 1.29 is 11.3 Å². The maximum atomic E-state index is 12.2. The molecule has 0 bridgehead atoms. The summed E-state index contributed by atoms with van der Waals surface area (Å²) in [7, 11) is 0. The molecule has 0 saturated carbocycles. The summed E-state index contributed by atoms with van der Waals surface area (Å²) in [6.07, 6.45) is 1.59. The van der Waals surface area contributed by atoms with Gasteiger partial charge in [0.2, 0.25) is 0 Å². The summed E-state index contributed by atoms with van der Waals surface area (Å²) in [5.74, 6) is 0. The molecule has 10 fully saturated rings. The fraction of sp³-hybridized carbons (Fsp3) is 0.611. The third-order valence-corrected chi connectivity index (χ3v) is 59.4. The molecule has 0 amide bonds. The van der Waals surface area contributed by atoms with Crippen LogP contribution >= 0.6 is 0 Å². The second kappa shape index (κ2) is 0.668. The van der Waals surface area contributed by atoms with E-state index >= 15 is 0 Å². The molecule has 102 valence electrons. The monoisotopic (exact) mass is 304 g/mol. The number of rotatable bonds is 2. The normalized spacial score (nSPS) is 106. The van der Waals surface area contributed by atoms with Gasteiger partial charge in [-0.3, -0.25) is 0 Å². The van der Waals surface area contributed by atoms with Crippen LogP contribution in [0.1, 0.15) is 11.1 Å². The average Bonchev–Trinajstić information content (AvgIpc) is 3.40. The third kappa shape index (κ3) is 0.0785. The minimum atomic E-state index is -3.43. The van der Waals surface area contributed by atoms with E-state index in [1.54, 1.807) is 11.8 Å². The number of fused-ring (bicyclic) bond motifs is 10. The molecule has 10 saturated heterocycles. The molecule has 0 N–H and O–H groups in total. The van der Waals surface area contributed by atoms with E-state index in [-0.39, 0.29) is 0 Å². The molecule has 10 heterocycles. The van der Waals surface area contributed by atoms with Crippen molar-refractivity contribution in [2.24, 2.45) is 0 Å². The van der Waals surface area contributed by atoms with Gasteiger partial charge in [-0.15, -0.1) is 0 Å². The first-order chi connectivity index (χ1) is 9.49. The fourth-order valence-electron chi connectivity index (χ4n) is 18.7. The molecule has 1 aromatic carbocycles. The van der Waals surface area contributed by atoms with Gasteiger partial charge in [0.15, 0.2) is 0 Å². The Bertz CT molecular complexity index is 1280. The van der Waals surface area contributed by atoms with Gasteiger partial charge in [-0.05, 0) is 0 Å². The zero-order chi connectivity index (χ0) is 12.6. The van der Waals surface area contributed by atoms with Gasteiger partial charge in [0.1, 0.15) is 0 Å². The van der Waals surface area contributed by atoms with Crippen molar-refractivity contribution in [2.45, 2.75) is 54.1 Å². The molecule has 1 aromatic rings. The zero-order valence-corrected chi connectivity index (χ0v) is 12.4. The van der Waals surface area contributed by atoms with Gasteiger partial charge in [0.05, 0.1) is 0 Å². The summed E-state index contributed by atoms with van der Waals surface area (Å²) in [5, 5.41) is 0. The molecule has 1 spiro atoms. The summed E-state index contributed by atoms with van der Waals surface area (Å²) < 4.78 is 1.12. The van der Waals surface area contributed by atoms with Crippen molar-refractivity contribution in [3.63, 3.8) is 0 Å². The average molecular weight is 304 g/mol. The molecular weight excluding hydrogens is 288 g/mol. The molecule has 11 rings (SSSR count). The van der Waals surface area contributed by atoms with Crippen molar-refractivity contribution in [3.8, 4) is 0 Å². The first-order valence-corrected chi connectivity index (χ1v) is 14.4.